The monoisotopic (exact) mass is 570 g/mol. The second-order valence-corrected chi connectivity index (χ2v) is 9.41. The van der Waals surface area contributed by atoms with E-state index in [4.69, 9.17) is 25.9 Å². The normalized spacial score (nSPS) is 18.9. The van der Waals surface area contributed by atoms with Gasteiger partial charge in [-0.05, 0) is 18.8 Å². The Hall–Kier alpha value is 2.32. The second kappa shape index (κ2) is 10.9. The molecule has 0 radical (unpaired) electrons. The molecule has 0 aromatic carbocycles. The van der Waals surface area contributed by atoms with Gasteiger partial charge in [-0.2, -0.15) is 0 Å². The first-order chi connectivity index (χ1) is 8.73. The molecule has 0 fully saturated rings. The van der Waals surface area contributed by atoms with E-state index in [0.29, 0.717) is 12.8 Å². The number of rotatable bonds is 10. The van der Waals surface area contributed by atoms with E-state index in [1.807, 2.05) is 0 Å². The summed E-state index contributed by atoms with van der Waals surface area (Å²) in [6.07, 6.45) is 0.732. The maximum Gasteiger partial charge on any atom is 0.469 e. The molecule has 0 rings (SSSR count). The van der Waals surface area contributed by atoms with E-state index in [1.165, 1.54) is 0 Å². The molecule has 0 aliphatic heterocycles. The molecule has 0 aliphatic carbocycles. The van der Waals surface area contributed by atoms with Crippen LogP contribution in [-0.2, 0) is 9.09 Å². The van der Waals surface area contributed by atoms with Crippen LogP contribution in [0.4, 0.5) is 0 Å². The van der Waals surface area contributed by atoms with Crippen molar-refractivity contribution in [3.05, 3.63) is 0 Å². The molecule has 0 aliphatic rings. The standard InChI is InChI=1S/C9H16Br4ClO4P/c10-3-7(12)1-6(2-8(13)4-11)9(5-14)18-19(15,16)17/h6-9H,1-5H2,(H2,15,16,17). The van der Waals surface area contributed by atoms with Crippen molar-refractivity contribution in [2.75, 3.05) is 16.5 Å². The molecule has 0 saturated heterocycles. The van der Waals surface area contributed by atoms with Crippen LogP contribution in [0.1, 0.15) is 12.8 Å². The van der Waals surface area contributed by atoms with Crippen LogP contribution in [0.2, 0.25) is 0 Å². The zero-order valence-corrected chi connectivity index (χ0v) is 17.9. The fraction of sp³-hybridized carbons (Fsp3) is 1.00. The Morgan fingerprint density at radius 3 is 1.79 bits per heavy atom. The van der Waals surface area contributed by atoms with Gasteiger partial charge in [-0.25, -0.2) is 4.57 Å². The number of hydrogen-bond donors (Lipinski definition) is 2. The van der Waals surface area contributed by atoms with Crippen molar-refractivity contribution in [3.63, 3.8) is 0 Å². The third-order valence-corrected chi connectivity index (χ3v) is 7.95. The molecule has 3 atom stereocenters. The molecule has 0 aromatic heterocycles. The van der Waals surface area contributed by atoms with Gasteiger partial charge in [-0.1, -0.05) is 63.7 Å². The van der Waals surface area contributed by atoms with Gasteiger partial charge in [0.2, 0.25) is 0 Å². The minimum Gasteiger partial charge on any atom is -0.303 e. The molecule has 116 valence electrons. The van der Waals surface area contributed by atoms with Crippen LogP contribution in [0.25, 0.3) is 0 Å². The molecule has 0 aromatic rings. The number of alkyl halides is 5. The predicted octanol–water partition coefficient (Wildman–Crippen LogP) is 4.42. The van der Waals surface area contributed by atoms with E-state index >= 15 is 0 Å². The predicted molar refractivity (Wildman–Crippen MR) is 93.4 cm³/mol. The average Bonchev–Trinajstić information content (AvgIpc) is 2.33. The van der Waals surface area contributed by atoms with E-state index in [2.05, 4.69) is 63.7 Å². The first-order valence-corrected chi connectivity index (χ1v) is 11.6. The van der Waals surface area contributed by atoms with Crippen molar-refractivity contribution in [2.24, 2.45) is 5.92 Å². The van der Waals surface area contributed by atoms with E-state index in [-0.39, 0.29) is 21.5 Å². The SMILES string of the molecule is O=P(O)(O)OC(CCl)C(CC(Br)CBr)CC(Br)CBr. The quantitative estimate of drug-likeness (QED) is 0.300. The smallest absolute Gasteiger partial charge is 0.303 e. The lowest BCUT2D eigenvalue weighted by molar-refractivity contribution is 0.0966. The number of halogens is 5. The lowest BCUT2D eigenvalue weighted by Gasteiger charge is -2.28. The molecule has 10 heteroatoms. The molecule has 0 heterocycles. The van der Waals surface area contributed by atoms with Gasteiger partial charge in [0, 0.05) is 26.2 Å². The van der Waals surface area contributed by atoms with Crippen molar-refractivity contribution in [2.45, 2.75) is 28.6 Å². The van der Waals surface area contributed by atoms with Crippen molar-refractivity contribution in [1.29, 1.82) is 0 Å². The fourth-order valence-corrected chi connectivity index (χ4v) is 4.09. The Bertz CT molecular complexity index is 281. The van der Waals surface area contributed by atoms with Gasteiger partial charge in [0.05, 0.1) is 6.10 Å². The summed E-state index contributed by atoms with van der Waals surface area (Å²) < 4.78 is 15.8. The minimum absolute atomic E-state index is 0.0415. The van der Waals surface area contributed by atoms with Crippen molar-refractivity contribution in [3.8, 4) is 0 Å². The molecular formula is C9H16Br4ClO4P. The first kappa shape index (κ1) is 21.3. The van der Waals surface area contributed by atoms with Crippen molar-refractivity contribution < 1.29 is 18.9 Å². The van der Waals surface area contributed by atoms with Crippen LogP contribution in [0.5, 0.6) is 0 Å². The highest BCUT2D eigenvalue weighted by Crippen LogP contribution is 2.41. The van der Waals surface area contributed by atoms with E-state index in [1.54, 1.807) is 0 Å². The lowest BCUT2D eigenvalue weighted by atomic mass is 9.93. The number of hydrogen-bond acceptors (Lipinski definition) is 2. The molecule has 0 amide bonds. The van der Waals surface area contributed by atoms with Crippen LogP contribution in [-0.4, -0.2) is 42.1 Å². The molecule has 2 N–H and O–H groups in total. The molecular weight excluding hydrogens is 558 g/mol. The topological polar surface area (TPSA) is 66.8 Å². The summed E-state index contributed by atoms with van der Waals surface area (Å²) in [7, 11) is -4.53. The zero-order valence-electron chi connectivity index (χ0n) is 9.89. The second-order valence-electron chi connectivity index (χ2n) is 4.02. The molecule has 4 nitrogen and oxygen atoms in total. The van der Waals surface area contributed by atoms with Crippen LogP contribution in [0, 0.1) is 5.92 Å². The lowest BCUT2D eigenvalue weighted by Crippen LogP contribution is -2.30. The molecule has 0 bridgehead atoms. The zero-order chi connectivity index (χ0) is 15.1. The Morgan fingerprint density at radius 1 is 1.11 bits per heavy atom. The van der Waals surface area contributed by atoms with Crippen LogP contribution >= 0.6 is 83.1 Å². The van der Waals surface area contributed by atoms with Gasteiger partial charge in [0.25, 0.3) is 0 Å². The maximum absolute atomic E-state index is 11.0. The number of phosphoric ester groups is 1. The van der Waals surface area contributed by atoms with E-state index in [9.17, 15) is 4.57 Å². The highest BCUT2D eigenvalue weighted by Gasteiger charge is 2.31. The van der Waals surface area contributed by atoms with Crippen LogP contribution in [0.15, 0.2) is 0 Å². The summed E-state index contributed by atoms with van der Waals surface area (Å²) in [5, 5.41) is 1.49. The summed E-state index contributed by atoms with van der Waals surface area (Å²) in [5.74, 6) is -0.0197. The van der Waals surface area contributed by atoms with Gasteiger partial charge in [-0.3, -0.25) is 4.52 Å². The Balaban J connectivity index is 4.79. The summed E-state index contributed by atoms with van der Waals surface area (Å²) >= 11 is 19.5. The van der Waals surface area contributed by atoms with Crippen molar-refractivity contribution >= 4 is 83.1 Å². The molecule has 19 heavy (non-hydrogen) atoms. The summed E-state index contributed by atoms with van der Waals surface area (Å²) in [6, 6.07) is 0. The van der Waals surface area contributed by atoms with Crippen LogP contribution in [0.3, 0.4) is 0 Å². The maximum atomic E-state index is 11.0. The molecule has 3 unspecified atom stereocenters. The minimum atomic E-state index is -4.53. The summed E-state index contributed by atoms with van der Waals surface area (Å²) in [6.45, 7) is 0. The van der Waals surface area contributed by atoms with E-state index < -0.39 is 13.9 Å². The van der Waals surface area contributed by atoms with Gasteiger partial charge in [0.15, 0.2) is 0 Å². The average molecular weight is 574 g/mol. The number of phosphoric acid groups is 1. The highest BCUT2D eigenvalue weighted by molar-refractivity contribution is 9.12. The summed E-state index contributed by atoms with van der Waals surface area (Å²) in [4.78, 5) is 18.3. The van der Waals surface area contributed by atoms with Crippen molar-refractivity contribution in [1.82, 2.24) is 0 Å². The van der Waals surface area contributed by atoms with Gasteiger partial charge < -0.3 is 9.79 Å². The summed E-state index contributed by atoms with van der Waals surface area (Å²) in [5.41, 5.74) is 0. The highest BCUT2D eigenvalue weighted by atomic mass is 79.9. The van der Waals surface area contributed by atoms with Gasteiger partial charge in [0.1, 0.15) is 0 Å². The van der Waals surface area contributed by atoms with Gasteiger partial charge in [-0.15, -0.1) is 11.6 Å². The fourth-order valence-electron chi connectivity index (χ4n) is 1.60. The third-order valence-electron chi connectivity index (χ3n) is 2.40. The molecule has 0 spiro atoms. The molecule has 0 saturated carbocycles. The Labute approximate surface area is 152 Å². The largest absolute Gasteiger partial charge is 0.469 e. The van der Waals surface area contributed by atoms with E-state index in [0.717, 1.165) is 10.7 Å². The Morgan fingerprint density at radius 2 is 1.53 bits per heavy atom. The Kier molecular flexibility index (Phi) is 12.3. The third kappa shape index (κ3) is 10.6. The first-order valence-electron chi connectivity index (χ1n) is 5.43. The van der Waals surface area contributed by atoms with Gasteiger partial charge >= 0.3 is 7.82 Å². The van der Waals surface area contributed by atoms with Crippen LogP contribution < -0.4 is 0 Å².